The number of aryl methyl sites for hydroxylation is 1. The lowest BCUT2D eigenvalue weighted by Crippen LogP contribution is -2.62. The molecular weight excluding hydrogens is 916 g/mol. The summed E-state index contributed by atoms with van der Waals surface area (Å²) < 4.78 is 0. The van der Waals surface area contributed by atoms with Crippen LogP contribution >= 0.6 is 0 Å². The number of hydrogen-bond acceptors (Lipinski definition) is 2. The van der Waals surface area contributed by atoms with E-state index in [0.717, 1.165) is 12.8 Å². The van der Waals surface area contributed by atoms with Crippen LogP contribution in [0.5, 0.6) is 0 Å². The summed E-state index contributed by atoms with van der Waals surface area (Å²) >= 11 is 0. The molecule has 14 rings (SSSR count). The van der Waals surface area contributed by atoms with E-state index in [2.05, 4.69) is 269 Å². The van der Waals surface area contributed by atoms with Crippen LogP contribution in [0, 0.1) is 6.92 Å². The van der Waals surface area contributed by atoms with Gasteiger partial charge >= 0.3 is 0 Å². The molecule has 0 aromatic heterocycles. The molecule has 0 fully saturated rings. The standard InChI is InChI=1S/C73H69BN2/c1-44-39-64-68-65(40-44)76(49-34-29-46(30-35-49)51-22-18-26-57-67(51)53-20-14-16-24-55(53)73(57,11)12)63-43-59-58(70(5,6)37-38-71(59,7)8)42-61(63)74(68)60-41-47(69(2,3)4)31-36-62(60)75(64)48-32-27-45(28-33-48)50-21-17-25-56-66(50)52-19-13-15-23-54(52)72(56,9)10/h13-36,39-43H,37-38H2,1-12H3. The summed E-state index contributed by atoms with van der Waals surface area (Å²) in [5, 5.41) is 0. The Bertz CT molecular complexity index is 3930. The SMILES string of the molecule is Cc1cc2c3c(c1)N(c1ccc(-c4cccc5c4-c4ccccc4C5(C)C)cc1)c1cc4c(cc1B3c1cc(C(C)(C)C)ccc1N2c1ccc(-c2cccc3c2-c2ccccc2C3(C)C)cc1)C(C)(C)CCC4(C)C. The lowest BCUT2D eigenvalue weighted by atomic mass is 9.33. The van der Waals surface area contributed by atoms with E-state index in [9.17, 15) is 0 Å². The Kier molecular flexibility index (Phi) is 9.83. The second kappa shape index (κ2) is 15.9. The van der Waals surface area contributed by atoms with E-state index in [4.69, 9.17) is 0 Å². The third kappa shape index (κ3) is 6.60. The van der Waals surface area contributed by atoms with Crippen molar-refractivity contribution in [3.8, 4) is 44.5 Å². The first-order chi connectivity index (χ1) is 36.2. The van der Waals surface area contributed by atoms with Crippen LogP contribution in [0.2, 0.25) is 0 Å². The molecule has 0 N–H and O–H groups in total. The molecule has 0 saturated carbocycles. The molecule has 5 aliphatic rings. The minimum Gasteiger partial charge on any atom is -0.311 e. The highest BCUT2D eigenvalue weighted by atomic mass is 15.2. The molecule has 0 bridgehead atoms. The molecule has 0 saturated heterocycles. The number of hydrogen-bond donors (Lipinski definition) is 0. The number of anilines is 6. The van der Waals surface area contributed by atoms with Gasteiger partial charge in [-0.25, -0.2) is 0 Å². The van der Waals surface area contributed by atoms with Gasteiger partial charge < -0.3 is 9.80 Å². The molecule has 2 nitrogen and oxygen atoms in total. The number of rotatable bonds is 4. The van der Waals surface area contributed by atoms with Crippen LogP contribution < -0.4 is 26.2 Å². The Morgan fingerprint density at radius 1 is 0.395 bits per heavy atom. The van der Waals surface area contributed by atoms with Crippen molar-refractivity contribution in [1.29, 1.82) is 0 Å². The van der Waals surface area contributed by atoms with E-state index in [-0.39, 0.29) is 33.8 Å². The molecule has 0 amide bonds. The summed E-state index contributed by atoms with van der Waals surface area (Å²) in [4.78, 5) is 5.23. The quantitative estimate of drug-likeness (QED) is 0.162. The zero-order valence-electron chi connectivity index (χ0n) is 46.6. The molecule has 2 heterocycles. The lowest BCUT2D eigenvalue weighted by molar-refractivity contribution is 0.332. The van der Waals surface area contributed by atoms with Gasteiger partial charge in [0.25, 0.3) is 6.71 Å². The topological polar surface area (TPSA) is 6.48 Å². The van der Waals surface area contributed by atoms with Gasteiger partial charge in [0.2, 0.25) is 0 Å². The summed E-state index contributed by atoms with van der Waals surface area (Å²) in [6, 6.07) is 68.6. The van der Waals surface area contributed by atoms with E-state index in [1.807, 2.05) is 0 Å². The summed E-state index contributed by atoms with van der Waals surface area (Å²) in [5.74, 6) is 0. The molecule has 76 heavy (non-hydrogen) atoms. The average Bonchev–Trinajstić information content (AvgIpc) is 3.92. The van der Waals surface area contributed by atoms with E-state index in [1.54, 1.807) is 0 Å². The maximum absolute atomic E-state index is 2.67. The molecule has 3 aliphatic carbocycles. The van der Waals surface area contributed by atoms with Gasteiger partial charge in [0.15, 0.2) is 0 Å². The number of fused-ring (bicyclic) bond motifs is 11. The van der Waals surface area contributed by atoms with Crippen molar-refractivity contribution in [3.05, 3.63) is 220 Å². The second-order valence-electron chi connectivity index (χ2n) is 26.5. The van der Waals surface area contributed by atoms with Crippen LogP contribution in [0.3, 0.4) is 0 Å². The molecule has 0 radical (unpaired) electrons. The van der Waals surface area contributed by atoms with Crippen molar-refractivity contribution in [2.75, 3.05) is 9.80 Å². The van der Waals surface area contributed by atoms with Gasteiger partial charge in [-0.1, -0.05) is 204 Å². The molecule has 374 valence electrons. The normalized spacial score (nSPS) is 17.2. The zero-order chi connectivity index (χ0) is 52.6. The van der Waals surface area contributed by atoms with E-state index < -0.39 is 0 Å². The first-order valence-electron chi connectivity index (χ1n) is 28.0. The predicted molar refractivity (Wildman–Crippen MR) is 325 cm³/mol. The van der Waals surface area contributed by atoms with Crippen molar-refractivity contribution in [2.24, 2.45) is 0 Å². The lowest BCUT2D eigenvalue weighted by Gasteiger charge is -2.47. The number of benzene rings is 9. The highest BCUT2D eigenvalue weighted by Gasteiger charge is 2.47. The molecule has 0 atom stereocenters. The fourth-order valence-electron chi connectivity index (χ4n) is 14.8. The van der Waals surface area contributed by atoms with Gasteiger partial charge in [0.1, 0.15) is 0 Å². The van der Waals surface area contributed by atoms with Crippen LogP contribution in [0.4, 0.5) is 34.1 Å². The Balaban J connectivity index is 0.979. The molecule has 0 unspecified atom stereocenters. The number of nitrogens with zero attached hydrogens (tertiary/aromatic N) is 2. The highest BCUT2D eigenvalue weighted by Crippen LogP contribution is 2.55. The molecule has 0 spiro atoms. The van der Waals surface area contributed by atoms with Gasteiger partial charge in [-0.05, 0) is 190 Å². The smallest absolute Gasteiger partial charge is 0.252 e. The molecule has 3 heteroatoms. The van der Waals surface area contributed by atoms with Gasteiger partial charge in [-0.3, -0.25) is 0 Å². The van der Waals surface area contributed by atoms with Crippen molar-refractivity contribution >= 4 is 57.2 Å². The largest absolute Gasteiger partial charge is 0.311 e. The minimum atomic E-state index is -0.0594. The van der Waals surface area contributed by atoms with Crippen LogP contribution in [-0.4, -0.2) is 6.71 Å². The molecule has 2 aliphatic heterocycles. The maximum atomic E-state index is 2.67. The summed E-state index contributed by atoms with van der Waals surface area (Å²) in [7, 11) is 0. The molecule has 9 aromatic rings. The molecule has 9 aromatic carbocycles. The third-order valence-corrected chi connectivity index (χ3v) is 19.1. The van der Waals surface area contributed by atoms with Gasteiger partial charge in [0, 0.05) is 45.0 Å². The average molecular weight is 985 g/mol. The summed E-state index contributed by atoms with van der Waals surface area (Å²) in [6.07, 6.45) is 2.33. The Morgan fingerprint density at radius 2 is 0.829 bits per heavy atom. The fourth-order valence-corrected chi connectivity index (χ4v) is 14.8. The molecular formula is C73H69BN2. The predicted octanol–water partition coefficient (Wildman–Crippen LogP) is 17.7. The van der Waals surface area contributed by atoms with Crippen LogP contribution in [0.1, 0.15) is 134 Å². The van der Waals surface area contributed by atoms with Crippen LogP contribution in [0.15, 0.2) is 176 Å². The van der Waals surface area contributed by atoms with E-state index >= 15 is 0 Å². The summed E-state index contributed by atoms with van der Waals surface area (Å²) in [5.41, 5.74) is 33.2. The van der Waals surface area contributed by atoms with Gasteiger partial charge in [-0.15, -0.1) is 0 Å². The Hall–Kier alpha value is -7.36. The Labute approximate surface area is 452 Å². The third-order valence-electron chi connectivity index (χ3n) is 19.1. The van der Waals surface area contributed by atoms with Gasteiger partial charge in [-0.2, -0.15) is 0 Å². The fraction of sp³-hybridized carbons (Fsp3) is 0.260. The zero-order valence-corrected chi connectivity index (χ0v) is 46.6. The summed E-state index contributed by atoms with van der Waals surface area (Å²) in [6.45, 7) is 28.8. The van der Waals surface area contributed by atoms with E-state index in [1.165, 1.54) is 140 Å². The second-order valence-corrected chi connectivity index (χ2v) is 26.5. The van der Waals surface area contributed by atoms with Crippen molar-refractivity contribution in [2.45, 2.75) is 123 Å². The Morgan fingerprint density at radius 3 is 1.33 bits per heavy atom. The minimum absolute atomic E-state index is 0.0285. The van der Waals surface area contributed by atoms with Crippen molar-refractivity contribution in [3.63, 3.8) is 0 Å². The van der Waals surface area contributed by atoms with Crippen LogP contribution in [-0.2, 0) is 27.1 Å². The first kappa shape index (κ1) is 47.1. The monoisotopic (exact) mass is 985 g/mol. The first-order valence-corrected chi connectivity index (χ1v) is 28.0. The van der Waals surface area contributed by atoms with Crippen molar-refractivity contribution < 1.29 is 0 Å². The highest BCUT2D eigenvalue weighted by molar-refractivity contribution is 7.00. The van der Waals surface area contributed by atoms with Gasteiger partial charge in [0.05, 0.1) is 0 Å². The van der Waals surface area contributed by atoms with Crippen LogP contribution in [0.25, 0.3) is 44.5 Å². The van der Waals surface area contributed by atoms with E-state index in [0.29, 0.717) is 0 Å². The van der Waals surface area contributed by atoms with Crippen molar-refractivity contribution in [1.82, 2.24) is 0 Å². The maximum Gasteiger partial charge on any atom is 0.252 e.